The number of hydrogen-bond acceptors (Lipinski definition) is 5. The van der Waals surface area contributed by atoms with Crippen LogP contribution in [-0.4, -0.2) is 84.8 Å². The number of ether oxygens (including phenoxy) is 1. The molecule has 0 bridgehead atoms. The van der Waals surface area contributed by atoms with Crippen LogP contribution < -0.4 is 5.32 Å². The van der Waals surface area contributed by atoms with Crippen LogP contribution in [-0.2, 0) is 14.3 Å². The van der Waals surface area contributed by atoms with Crippen LogP contribution in [0.5, 0.6) is 0 Å². The van der Waals surface area contributed by atoms with Crippen molar-refractivity contribution in [1.82, 2.24) is 15.1 Å². The largest absolute Gasteiger partial charge is 0.480 e. The Hall–Kier alpha value is -1.18. The first-order valence-electron chi connectivity index (χ1n) is 7.05. The predicted octanol–water partition coefficient (Wildman–Crippen LogP) is -1.02. The van der Waals surface area contributed by atoms with Gasteiger partial charge in [0, 0.05) is 39.3 Å². The molecule has 2 rings (SSSR count). The summed E-state index contributed by atoms with van der Waals surface area (Å²) in [6.45, 7) is 6.29. The number of carboxylic acids is 1. The summed E-state index contributed by atoms with van der Waals surface area (Å²) in [5.41, 5.74) is -0.211. The van der Waals surface area contributed by atoms with Gasteiger partial charge in [0.15, 0.2) is 0 Å². The molecule has 0 atom stereocenters. The maximum absolute atomic E-state index is 12.1. The normalized spacial score (nSPS) is 22.9. The van der Waals surface area contributed by atoms with E-state index in [1.165, 1.54) is 0 Å². The summed E-state index contributed by atoms with van der Waals surface area (Å²) >= 11 is 0. The van der Waals surface area contributed by atoms with Crippen LogP contribution in [0.2, 0.25) is 0 Å². The zero-order valence-electron chi connectivity index (χ0n) is 11.9. The monoisotopic (exact) mass is 285 g/mol. The Balaban J connectivity index is 1.74. The van der Waals surface area contributed by atoms with Crippen molar-refractivity contribution >= 4 is 11.9 Å². The van der Waals surface area contributed by atoms with E-state index in [-0.39, 0.29) is 24.7 Å². The molecule has 114 valence electrons. The van der Waals surface area contributed by atoms with Crippen molar-refractivity contribution in [1.29, 1.82) is 0 Å². The Labute approximate surface area is 118 Å². The number of carboxylic acid groups (broad SMARTS) is 1. The van der Waals surface area contributed by atoms with Crippen LogP contribution in [0.25, 0.3) is 0 Å². The van der Waals surface area contributed by atoms with E-state index in [1.807, 2.05) is 11.8 Å². The first-order chi connectivity index (χ1) is 9.48. The number of carbonyl (C=O) groups is 2. The molecule has 0 radical (unpaired) electrons. The summed E-state index contributed by atoms with van der Waals surface area (Å²) in [5, 5.41) is 11.9. The van der Waals surface area contributed by atoms with Gasteiger partial charge < -0.3 is 20.1 Å². The summed E-state index contributed by atoms with van der Waals surface area (Å²) in [7, 11) is 0. The minimum absolute atomic E-state index is 0.00435. The summed E-state index contributed by atoms with van der Waals surface area (Å²) < 4.78 is 5.65. The van der Waals surface area contributed by atoms with E-state index >= 15 is 0 Å². The summed E-state index contributed by atoms with van der Waals surface area (Å²) in [6, 6.07) is 0. The van der Waals surface area contributed by atoms with Crippen molar-refractivity contribution in [2.45, 2.75) is 18.9 Å². The molecule has 2 fully saturated rings. The van der Waals surface area contributed by atoms with Crippen LogP contribution in [0.1, 0.15) is 13.3 Å². The first-order valence-corrected chi connectivity index (χ1v) is 7.05. The molecular weight excluding hydrogens is 262 g/mol. The average molecular weight is 285 g/mol. The van der Waals surface area contributed by atoms with Crippen LogP contribution in [0.4, 0.5) is 0 Å². The van der Waals surface area contributed by atoms with Gasteiger partial charge in [-0.1, -0.05) is 0 Å². The highest BCUT2D eigenvalue weighted by Gasteiger charge is 2.33. The van der Waals surface area contributed by atoms with E-state index in [1.54, 1.807) is 4.90 Å². The number of amides is 1. The van der Waals surface area contributed by atoms with E-state index in [9.17, 15) is 9.59 Å². The molecule has 2 saturated heterocycles. The highest BCUT2D eigenvalue weighted by molar-refractivity contribution is 5.77. The lowest BCUT2D eigenvalue weighted by molar-refractivity contribution is -0.145. The van der Waals surface area contributed by atoms with Crippen LogP contribution in [0.15, 0.2) is 0 Å². The number of nitrogens with one attached hydrogen (secondary N) is 1. The number of hydrogen-bond donors (Lipinski definition) is 2. The predicted molar refractivity (Wildman–Crippen MR) is 72.5 cm³/mol. The molecule has 0 aromatic carbocycles. The molecule has 0 saturated carbocycles. The molecule has 0 unspecified atom stereocenters. The Morgan fingerprint density at radius 1 is 1.25 bits per heavy atom. The van der Waals surface area contributed by atoms with Crippen molar-refractivity contribution in [3.63, 3.8) is 0 Å². The molecule has 2 aliphatic heterocycles. The number of aliphatic carboxylic acids is 1. The first kappa shape index (κ1) is 15.2. The van der Waals surface area contributed by atoms with Crippen LogP contribution >= 0.6 is 0 Å². The summed E-state index contributed by atoms with van der Waals surface area (Å²) in [5.74, 6) is -0.825. The van der Waals surface area contributed by atoms with Crippen molar-refractivity contribution in [3.8, 4) is 0 Å². The SMILES string of the molecule is CC1(OCC(=O)N2CCCN(CC(=O)O)CC2)CNC1. The standard InChI is InChI=1S/C13H23N3O4/c1-13(9-14-10-13)20-8-11(17)16-4-2-3-15(5-6-16)7-12(18)19/h14H,2-10H2,1H3,(H,18,19). The third-order valence-corrected chi connectivity index (χ3v) is 3.84. The topological polar surface area (TPSA) is 82.1 Å². The van der Waals surface area contributed by atoms with Crippen molar-refractivity contribution < 1.29 is 19.4 Å². The lowest BCUT2D eigenvalue weighted by Gasteiger charge is -2.39. The van der Waals surface area contributed by atoms with E-state index in [0.717, 1.165) is 26.1 Å². The van der Waals surface area contributed by atoms with Gasteiger partial charge in [0.2, 0.25) is 5.91 Å². The lowest BCUT2D eigenvalue weighted by atomic mass is 10.0. The number of nitrogens with zero attached hydrogens (tertiary/aromatic N) is 2. The van der Waals surface area contributed by atoms with Gasteiger partial charge in [-0.2, -0.15) is 0 Å². The van der Waals surface area contributed by atoms with Gasteiger partial charge in [-0.15, -0.1) is 0 Å². The van der Waals surface area contributed by atoms with Crippen molar-refractivity contribution in [3.05, 3.63) is 0 Å². The Kier molecular flexibility index (Phi) is 4.95. The molecule has 0 spiro atoms. The second kappa shape index (κ2) is 6.51. The van der Waals surface area contributed by atoms with E-state index in [0.29, 0.717) is 19.6 Å². The summed E-state index contributed by atoms with van der Waals surface area (Å²) in [6.07, 6.45) is 0.803. The molecule has 7 nitrogen and oxygen atoms in total. The Morgan fingerprint density at radius 2 is 2.00 bits per heavy atom. The van der Waals surface area contributed by atoms with Crippen molar-refractivity contribution in [2.75, 3.05) is 52.4 Å². The Morgan fingerprint density at radius 3 is 2.60 bits per heavy atom. The molecule has 1 amide bonds. The zero-order chi connectivity index (χ0) is 14.6. The zero-order valence-corrected chi connectivity index (χ0v) is 11.9. The minimum atomic E-state index is -0.821. The fourth-order valence-corrected chi connectivity index (χ4v) is 2.48. The second-order valence-electron chi connectivity index (χ2n) is 5.75. The van der Waals surface area contributed by atoms with Crippen LogP contribution in [0.3, 0.4) is 0 Å². The molecule has 7 heteroatoms. The fraction of sp³-hybridized carbons (Fsp3) is 0.846. The van der Waals surface area contributed by atoms with Gasteiger partial charge in [0.05, 0.1) is 12.1 Å². The molecule has 2 N–H and O–H groups in total. The van der Waals surface area contributed by atoms with E-state index in [4.69, 9.17) is 9.84 Å². The maximum atomic E-state index is 12.1. The van der Waals surface area contributed by atoms with Gasteiger partial charge in [-0.25, -0.2) is 0 Å². The van der Waals surface area contributed by atoms with Gasteiger partial charge in [-0.05, 0) is 13.3 Å². The highest BCUT2D eigenvalue weighted by Crippen LogP contribution is 2.15. The van der Waals surface area contributed by atoms with Crippen LogP contribution in [0, 0.1) is 0 Å². The molecular formula is C13H23N3O4. The quantitative estimate of drug-likeness (QED) is 0.673. The molecule has 20 heavy (non-hydrogen) atoms. The second-order valence-corrected chi connectivity index (χ2v) is 5.75. The molecule has 0 aromatic rings. The molecule has 0 aromatic heterocycles. The maximum Gasteiger partial charge on any atom is 0.317 e. The van der Waals surface area contributed by atoms with Crippen molar-refractivity contribution in [2.24, 2.45) is 0 Å². The molecule has 0 aliphatic carbocycles. The van der Waals surface area contributed by atoms with E-state index in [2.05, 4.69) is 5.32 Å². The minimum Gasteiger partial charge on any atom is -0.480 e. The van der Waals surface area contributed by atoms with Gasteiger partial charge >= 0.3 is 5.97 Å². The third kappa shape index (κ3) is 4.16. The number of carbonyl (C=O) groups excluding carboxylic acids is 1. The molecule has 2 heterocycles. The average Bonchev–Trinajstić information content (AvgIpc) is 2.58. The number of rotatable bonds is 5. The fourth-order valence-electron chi connectivity index (χ4n) is 2.48. The van der Waals surface area contributed by atoms with Gasteiger partial charge in [-0.3, -0.25) is 14.5 Å². The van der Waals surface area contributed by atoms with E-state index < -0.39 is 5.97 Å². The van der Waals surface area contributed by atoms with Gasteiger partial charge in [0.1, 0.15) is 6.61 Å². The Bertz CT molecular complexity index is 371. The molecule has 2 aliphatic rings. The summed E-state index contributed by atoms with van der Waals surface area (Å²) in [4.78, 5) is 26.5. The smallest absolute Gasteiger partial charge is 0.317 e. The highest BCUT2D eigenvalue weighted by atomic mass is 16.5. The van der Waals surface area contributed by atoms with Gasteiger partial charge in [0.25, 0.3) is 0 Å². The lowest BCUT2D eigenvalue weighted by Crippen LogP contribution is -2.59. The third-order valence-electron chi connectivity index (χ3n) is 3.84.